The molecule has 0 N–H and O–H groups in total. The molecular formula is C46H29NS2. The Kier molecular flexibility index (Phi) is 6.61. The highest BCUT2D eigenvalue weighted by atomic mass is 32.1. The van der Waals surface area contributed by atoms with Gasteiger partial charge in [0, 0.05) is 57.0 Å². The minimum Gasteiger partial charge on any atom is -0.309 e. The van der Waals surface area contributed by atoms with E-state index in [1.54, 1.807) is 0 Å². The fraction of sp³-hybridized carbons (Fsp3) is 0. The van der Waals surface area contributed by atoms with Crippen molar-refractivity contribution in [1.82, 2.24) is 0 Å². The summed E-state index contributed by atoms with van der Waals surface area (Å²) in [4.78, 5) is 2.47. The van der Waals surface area contributed by atoms with E-state index in [0.29, 0.717) is 0 Å². The van der Waals surface area contributed by atoms with Crippen LogP contribution in [0.4, 0.5) is 17.1 Å². The number of fused-ring (bicyclic) bond motifs is 8. The van der Waals surface area contributed by atoms with E-state index in [9.17, 15) is 0 Å². The van der Waals surface area contributed by atoms with Crippen molar-refractivity contribution < 1.29 is 0 Å². The second-order valence-corrected chi connectivity index (χ2v) is 14.6. The molecule has 10 rings (SSSR count). The van der Waals surface area contributed by atoms with Gasteiger partial charge in [0.05, 0.1) is 11.4 Å². The minimum absolute atomic E-state index is 1.13. The van der Waals surface area contributed by atoms with E-state index in [1.165, 1.54) is 79.1 Å². The van der Waals surface area contributed by atoms with Crippen LogP contribution in [0.1, 0.15) is 0 Å². The summed E-state index contributed by atoms with van der Waals surface area (Å²) in [6.45, 7) is 0. The van der Waals surface area contributed by atoms with Crippen molar-refractivity contribution in [1.29, 1.82) is 0 Å². The zero-order chi connectivity index (χ0) is 32.3. The highest BCUT2D eigenvalue weighted by Crippen LogP contribution is 2.48. The lowest BCUT2D eigenvalue weighted by Crippen LogP contribution is -2.11. The van der Waals surface area contributed by atoms with Gasteiger partial charge in [-0.25, -0.2) is 0 Å². The first-order valence-corrected chi connectivity index (χ1v) is 18.2. The van der Waals surface area contributed by atoms with Crippen molar-refractivity contribution in [2.75, 3.05) is 4.90 Å². The van der Waals surface area contributed by atoms with E-state index in [4.69, 9.17) is 0 Å². The van der Waals surface area contributed by atoms with Crippen molar-refractivity contribution in [3.8, 4) is 22.3 Å². The van der Waals surface area contributed by atoms with Crippen LogP contribution in [-0.4, -0.2) is 0 Å². The van der Waals surface area contributed by atoms with Gasteiger partial charge in [0.25, 0.3) is 0 Å². The summed E-state index contributed by atoms with van der Waals surface area (Å²) in [5.74, 6) is 0. The summed E-state index contributed by atoms with van der Waals surface area (Å²) in [6, 6.07) is 64.3. The average molecular weight is 660 g/mol. The molecule has 2 heterocycles. The van der Waals surface area contributed by atoms with Gasteiger partial charge in [0.15, 0.2) is 0 Å². The molecule has 0 aliphatic heterocycles. The van der Waals surface area contributed by atoms with Gasteiger partial charge in [-0.1, -0.05) is 140 Å². The number of benzene rings is 8. The molecule has 3 heteroatoms. The fourth-order valence-electron chi connectivity index (χ4n) is 7.46. The molecule has 8 aromatic carbocycles. The molecule has 0 atom stereocenters. The molecule has 0 aliphatic carbocycles. The first kappa shape index (κ1) is 28.3. The third kappa shape index (κ3) is 4.58. The maximum absolute atomic E-state index is 2.47. The molecule has 0 saturated carbocycles. The predicted octanol–water partition coefficient (Wildman–Crippen LogP) is 14.4. The standard InChI is InChI=1S/C46H29NS2/c1-2-13-30(14-3-1)33-15-6-9-22-40(33)47(41-29-44-45(37-18-5-4-16-35(37)41)39-19-8-11-24-43(39)48-44)32-27-25-31(26-28-32)34-20-12-21-38-36-17-7-10-23-42(36)49-46(34)38/h1-29H. The maximum Gasteiger partial charge on any atom is 0.0554 e. The van der Waals surface area contributed by atoms with Gasteiger partial charge in [-0.15, -0.1) is 22.7 Å². The number of rotatable bonds is 5. The van der Waals surface area contributed by atoms with Crippen LogP contribution in [0, 0.1) is 0 Å². The van der Waals surface area contributed by atoms with Crippen LogP contribution in [0.25, 0.3) is 73.4 Å². The summed E-state index contributed by atoms with van der Waals surface area (Å²) in [5, 5.41) is 7.82. The highest BCUT2D eigenvalue weighted by molar-refractivity contribution is 7.26. The molecule has 49 heavy (non-hydrogen) atoms. The van der Waals surface area contributed by atoms with Crippen molar-refractivity contribution in [3.63, 3.8) is 0 Å². The Balaban J connectivity index is 1.22. The van der Waals surface area contributed by atoms with Crippen LogP contribution < -0.4 is 4.90 Å². The van der Waals surface area contributed by atoms with Crippen molar-refractivity contribution >= 4 is 90.9 Å². The van der Waals surface area contributed by atoms with Crippen LogP contribution in [0.5, 0.6) is 0 Å². The van der Waals surface area contributed by atoms with Crippen molar-refractivity contribution in [2.45, 2.75) is 0 Å². The first-order valence-electron chi connectivity index (χ1n) is 16.6. The lowest BCUT2D eigenvalue weighted by molar-refractivity contribution is 1.30. The largest absolute Gasteiger partial charge is 0.309 e. The van der Waals surface area contributed by atoms with E-state index in [1.807, 2.05) is 22.7 Å². The number of hydrogen-bond donors (Lipinski definition) is 0. The zero-order valence-electron chi connectivity index (χ0n) is 26.5. The van der Waals surface area contributed by atoms with Gasteiger partial charge in [0.1, 0.15) is 0 Å². The molecule has 0 aliphatic rings. The van der Waals surface area contributed by atoms with Crippen molar-refractivity contribution in [2.24, 2.45) is 0 Å². The second-order valence-electron chi connectivity index (χ2n) is 12.5. The van der Waals surface area contributed by atoms with Crippen LogP contribution in [0.3, 0.4) is 0 Å². The Hall–Kier alpha value is -5.74. The lowest BCUT2D eigenvalue weighted by atomic mass is 9.98. The molecule has 0 amide bonds. The molecule has 10 aromatic rings. The number of thiophene rings is 2. The quantitative estimate of drug-likeness (QED) is 0.178. The van der Waals surface area contributed by atoms with Crippen LogP contribution in [-0.2, 0) is 0 Å². The van der Waals surface area contributed by atoms with Gasteiger partial charge >= 0.3 is 0 Å². The van der Waals surface area contributed by atoms with Crippen molar-refractivity contribution in [3.05, 3.63) is 176 Å². The monoisotopic (exact) mass is 659 g/mol. The highest BCUT2D eigenvalue weighted by Gasteiger charge is 2.22. The smallest absolute Gasteiger partial charge is 0.0554 e. The predicted molar refractivity (Wildman–Crippen MR) is 215 cm³/mol. The molecule has 0 saturated heterocycles. The van der Waals surface area contributed by atoms with E-state index in [2.05, 4.69) is 181 Å². The topological polar surface area (TPSA) is 3.24 Å². The van der Waals surface area contributed by atoms with Crippen LogP contribution in [0.2, 0.25) is 0 Å². The molecule has 1 nitrogen and oxygen atoms in total. The van der Waals surface area contributed by atoms with Gasteiger partial charge in [0.2, 0.25) is 0 Å². The molecule has 0 bridgehead atoms. The number of hydrogen-bond acceptors (Lipinski definition) is 3. The van der Waals surface area contributed by atoms with Gasteiger partial charge < -0.3 is 4.90 Å². The first-order chi connectivity index (χ1) is 24.3. The SMILES string of the molecule is c1ccc(-c2ccccc2N(c2ccc(-c3cccc4c3sc3ccccc34)cc2)c2cc3sc4ccccc4c3c3ccccc23)cc1. The molecule has 230 valence electrons. The van der Waals surface area contributed by atoms with E-state index in [0.717, 1.165) is 11.4 Å². The summed E-state index contributed by atoms with van der Waals surface area (Å²) in [6.07, 6.45) is 0. The average Bonchev–Trinajstić information content (AvgIpc) is 3.74. The minimum atomic E-state index is 1.13. The van der Waals surface area contributed by atoms with E-state index in [-0.39, 0.29) is 0 Å². The number of nitrogens with zero attached hydrogens (tertiary/aromatic N) is 1. The zero-order valence-corrected chi connectivity index (χ0v) is 28.1. The summed E-state index contributed by atoms with van der Waals surface area (Å²) < 4.78 is 5.28. The van der Waals surface area contributed by atoms with Gasteiger partial charge in [-0.2, -0.15) is 0 Å². The summed E-state index contributed by atoms with van der Waals surface area (Å²) in [5.41, 5.74) is 8.35. The van der Waals surface area contributed by atoms with Gasteiger partial charge in [-0.3, -0.25) is 0 Å². The normalized spacial score (nSPS) is 11.7. The third-order valence-corrected chi connectivity index (χ3v) is 12.0. The summed E-state index contributed by atoms with van der Waals surface area (Å²) in [7, 11) is 0. The molecule has 0 unspecified atom stereocenters. The summed E-state index contributed by atoms with van der Waals surface area (Å²) >= 11 is 3.76. The number of anilines is 3. The Bertz CT molecular complexity index is 2830. The molecule has 0 radical (unpaired) electrons. The molecular weight excluding hydrogens is 631 g/mol. The van der Waals surface area contributed by atoms with Gasteiger partial charge in [-0.05, 0) is 58.5 Å². The van der Waals surface area contributed by atoms with Crippen LogP contribution in [0.15, 0.2) is 176 Å². The Labute approximate surface area is 292 Å². The van der Waals surface area contributed by atoms with E-state index >= 15 is 0 Å². The Morgan fingerprint density at radius 1 is 0.347 bits per heavy atom. The lowest BCUT2D eigenvalue weighted by Gasteiger charge is -2.29. The fourth-order valence-corrected chi connectivity index (χ4v) is 9.85. The Morgan fingerprint density at radius 2 is 0.939 bits per heavy atom. The number of para-hydroxylation sites is 1. The second kappa shape index (κ2) is 11.5. The van der Waals surface area contributed by atoms with Crippen LogP contribution >= 0.6 is 22.7 Å². The third-order valence-electron chi connectivity index (χ3n) is 9.67. The van der Waals surface area contributed by atoms with E-state index < -0.39 is 0 Å². The molecule has 2 aromatic heterocycles. The molecule has 0 spiro atoms. The molecule has 0 fully saturated rings. The Morgan fingerprint density at radius 3 is 1.76 bits per heavy atom. The maximum atomic E-state index is 2.47.